The van der Waals surface area contributed by atoms with Crippen LogP contribution in [0.25, 0.3) is 16.9 Å². The molecule has 0 radical (unpaired) electrons. The molecule has 21 heavy (non-hydrogen) atoms. The van der Waals surface area contributed by atoms with E-state index in [1.165, 1.54) is 13.2 Å². The molecule has 106 valence electrons. The molecule has 0 atom stereocenters. The highest BCUT2D eigenvalue weighted by Crippen LogP contribution is 2.26. The van der Waals surface area contributed by atoms with Gasteiger partial charge in [0.15, 0.2) is 11.6 Å². The Morgan fingerprint density at radius 3 is 2.86 bits per heavy atom. The summed E-state index contributed by atoms with van der Waals surface area (Å²) < 4.78 is 20.4. The molecule has 0 saturated carbocycles. The summed E-state index contributed by atoms with van der Waals surface area (Å²) in [6, 6.07) is 8.23. The highest BCUT2D eigenvalue weighted by atomic mass is 19.1. The number of nitrogens with two attached hydrogens (primary N) is 1. The van der Waals surface area contributed by atoms with Gasteiger partial charge in [0.2, 0.25) is 0 Å². The van der Waals surface area contributed by atoms with Crippen molar-refractivity contribution in [3.8, 4) is 22.7 Å². The number of methoxy groups -OCH3 is 1. The third-order valence-electron chi connectivity index (χ3n) is 3.13. The van der Waals surface area contributed by atoms with Crippen molar-refractivity contribution in [3.63, 3.8) is 0 Å². The van der Waals surface area contributed by atoms with Gasteiger partial charge in [0, 0.05) is 17.8 Å². The van der Waals surface area contributed by atoms with E-state index in [1.807, 2.05) is 10.6 Å². The molecule has 0 aliphatic carbocycles. The van der Waals surface area contributed by atoms with Gasteiger partial charge in [0.25, 0.3) is 0 Å². The van der Waals surface area contributed by atoms with Crippen LogP contribution in [0.3, 0.4) is 0 Å². The Hall–Kier alpha value is -2.89. The molecule has 2 aromatic heterocycles. The first kappa shape index (κ1) is 13.1. The fourth-order valence-corrected chi connectivity index (χ4v) is 2.12. The van der Waals surface area contributed by atoms with Crippen molar-refractivity contribution in [1.29, 1.82) is 0 Å². The molecule has 3 aromatic rings. The molecule has 2 N–H and O–H groups in total. The van der Waals surface area contributed by atoms with Crippen molar-refractivity contribution < 1.29 is 9.13 Å². The number of aromatic nitrogens is 3. The van der Waals surface area contributed by atoms with Crippen LogP contribution in [0.5, 0.6) is 5.75 Å². The third-order valence-corrected chi connectivity index (χ3v) is 3.13. The highest BCUT2D eigenvalue weighted by Gasteiger charge is 2.10. The normalized spacial score (nSPS) is 10.6. The summed E-state index contributed by atoms with van der Waals surface area (Å²) in [7, 11) is 1.43. The fourth-order valence-electron chi connectivity index (χ4n) is 2.12. The summed E-state index contributed by atoms with van der Waals surface area (Å²) in [5.41, 5.74) is 8.16. The van der Waals surface area contributed by atoms with E-state index >= 15 is 0 Å². The molecular formula is C15H13FN4O. The van der Waals surface area contributed by atoms with Gasteiger partial charge in [-0.25, -0.2) is 14.4 Å². The summed E-state index contributed by atoms with van der Waals surface area (Å²) in [6.45, 7) is 0. The van der Waals surface area contributed by atoms with Crippen LogP contribution in [0.2, 0.25) is 0 Å². The van der Waals surface area contributed by atoms with Gasteiger partial charge in [-0.3, -0.25) is 4.57 Å². The second-order valence-electron chi connectivity index (χ2n) is 4.44. The minimum absolute atomic E-state index is 0.182. The third kappa shape index (κ3) is 2.43. The van der Waals surface area contributed by atoms with E-state index in [-0.39, 0.29) is 5.75 Å². The number of imidazole rings is 1. The summed E-state index contributed by atoms with van der Waals surface area (Å²) >= 11 is 0. The first-order chi connectivity index (χ1) is 10.2. The Balaban J connectivity index is 2.11. The van der Waals surface area contributed by atoms with Crippen LogP contribution in [-0.2, 0) is 0 Å². The Labute approximate surface area is 120 Å². The van der Waals surface area contributed by atoms with Gasteiger partial charge in [-0.15, -0.1) is 0 Å². The number of ether oxygens (including phenoxy) is 1. The van der Waals surface area contributed by atoms with Gasteiger partial charge in [0.05, 0.1) is 31.0 Å². The monoisotopic (exact) mass is 284 g/mol. The Kier molecular flexibility index (Phi) is 3.27. The molecule has 1 aromatic carbocycles. The lowest BCUT2D eigenvalue weighted by Gasteiger charge is -2.10. The first-order valence-corrected chi connectivity index (χ1v) is 6.27. The lowest BCUT2D eigenvalue weighted by Crippen LogP contribution is -1.98. The predicted molar refractivity (Wildman–Crippen MR) is 77.7 cm³/mol. The molecular weight excluding hydrogens is 271 g/mol. The Morgan fingerprint density at radius 1 is 1.24 bits per heavy atom. The number of anilines is 1. The average molecular weight is 284 g/mol. The Morgan fingerprint density at radius 2 is 2.10 bits per heavy atom. The summed E-state index contributed by atoms with van der Waals surface area (Å²) in [4.78, 5) is 8.12. The van der Waals surface area contributed by atoms with Gasteiger partial charge >= 0.3 is 0 Å². The smallest absolute Gasteiger partial charge is 0.165 e. The zero-order valence-electron chi connectivity index (χ0n) is 11.3. The van der Waals surface area contributed by atoms with Crippen LogP contribution in [0.1, 0.15) is 0 Å². The summed E-state index contributed by atoms with van der Waals surface area (Å²) in [6.07, 6.45) is 5.00. The lowest BCUT2D eigenvalue weighted by molar-refractivity contribution is 0.386. The molecule has 0 aliphatic heterocycles. The number of halogens is 1. The number of rotatable bonds is 3. The largest absolute Gasteiger partial charge is 0.494 e. The van der Waals surface area contributed by atoms with Crippen LogP contribution in [0, 0.1) is 5.82 Å². The maximum absolute atomic E-state index is 13.5. The van der Waals surface area contributed by atoms with E-state index in [0.717, 1.165) is 16.9 Å². The zero-order valence-corrected chi connectivity index (χ0v) is 11.3. The number of benzene rings is 1. The second-order valence-corrected chi connectivity index (χ2v) is 4.44. The molecule has 0 amide bonds. The number of pyridine rings is 1. The maximum Gasteiger partial charge on any atom is 0.165 e. The number of hydrogen-bond acceptors (Lipinski definition) is 4. The standard InChI is InChI=1S/C15H13FN4O/c1-21-14-7-11(2-3-12(14)16)20-9-18-8-13(20)10-4-5-19-15(17)6-10/h2-9H,1H3,(H2,17,19). The molecule has 0 saturated heterocycles. The van der Waals surface area contributed by atoms with Gasteiger partial charge in [0.1, 0.15) is 5.82 Å². The van der Waals surface area contributed by atoms with Crippen molar-refractivity contribution in [3.05, 3.63) is 54.9 Å². The minimum atomic E-state index is -0.406. The molecule has 0 unspecified atom stereocenters. The first-order valence-electron chi connectivity index (χ1n) is 6.27. The maximum atomic E-state index is 13.5. The van der Waals surface area contributed by atoms with Crippen LogP contribution in [0.15, 0.2) is 49.1 Å². The van der Waals surface area contributed by atoms with E-state index in [2.05, 4.69) is 9.97 Å². The van der Waals surface area contributed by atoms with Gasteiger partial charge in [-0.05, 0) is 24.3 Å². The molecule has 0 spiro atoms. The van der Waals surface area contributed by atoms with E-state index in [1.54, 1.807) is 36.9 Å². The number of hydrogen-bond donors (Lipinski definition) is 1. The Bertz CT molecular complexity index is 785. The predicted octanol–water partition coefficient (Wildman–Crippen LogP) is 2.66. The number of nitrogen functional groups attached to an aromatic ring is 1. The van der Waals surface area contributed by atoms with Crippen molar-refractivity contribution in [2.75, 3.05) is 12.8 Å². The number of nitrogens with zero attached hydrogens (tertiary/aromatic N) is 3. The van der Waals surface area contributed by atoms with Crippen LogP contribution in [0.4, 0.5) is 10.2 Å². The van der Waals surface area contributed by atoms with Crippen molar-refractivity contribution in [2.45, 2.75) is 0 Å². The van der Waals surface area contributed by atoms with Crippen molar-refractivity contribution >= 4 is 5.82 Å². The molecule has 3 rings (SSSR count). The van der Waals surface area contributed by atoms with Crippen LogP contribution in [-0.4, -0.2) is 21.6 Å². The van der Waals surface area contributed by atoms with Crippen molar-refractivity contribution in [2.24, 2.45) is 0 Å². The topological polar surface area (TPSA) is 66.0 Å². The second kappa shape index (κ2) is 5.24. The zero-order chi connectivity index (χ0) is 14.8. The average Bonchev–Trinajstić information content (AvgIpc) is 2.97. The van der Waals surface area contributed by atoms with E-state index < -0.39 is 5.82 Å². The minimum Gasteiger partial charge on any atom is -0.494 e. The van der Waals surface area contributed by atoms with Gasteiger partial charge in [-0.1, -0.05) is 0 Å². The molecule has 2 heterocycles. The van der Waals surface area contributed by atoms with E-state index in [9.17, 15) is 4.39 Å². The van der Waals surface area contributed by atoms with Crippen molar-refractivity contribution in [1.82, 2.24) is 14.5 Å². The quantitative estimate of drug-likeness (QED) is 0.803. The fraction of sp³-hybridized carbons (Fsp3) is 0.0667. The van der Waals surface area contributed by atoms with Gasteiger partial charge < -0.3 is 10.5 Å². The summed E-state index contributed by atoms with van der Waals surface area (Å²) in [5, 5.41) is 0. The van der Waals surface area contributed by atoms with Crippen LogP contribution < -0.4 is 10.5 Å². The lowest BCUT2D eigenvalue weighted by atomic mass is 10.2. The van der Waals surface area contributed by atoms with Crippen LogP contribution >= 0.6 is 0 Å². The molecule has 5 nitrogen and oxygen atoms in total. The van der Waals surface area contributed by atoms with E-state index in [0.29, 0.717) is 5.82 Å². The van der Waals surface area contributed by atoms with E-state index in [4.69, 9.17) is 10.5 Å². The molecule has 0 fully saturated rings. The van der Waals surface area contributed by atoms with Gasteiger partial charge in [-0.2, -0.15) is 0 Å². The highest BCUT2D eigenvalue weighted by molar-refractivity contribution is 5.64. The molecule has 0 aliphatic rings. The molecule has 6 heteroatoms. The summed E-state index contributed by atoms with van der Waals surface area (Å²) in [5.74, 6) is 0.203. The SMILES string of the molecule is COc1cc(-n2cncc2-c2ccnc(N)c2)ccc1F. The molecule has 0 bridgehead atoms.